The molecule has 1 fully saturated rings. The van der Waals surface area contributed by atoms with E-state index >= 15 is 0 Å². The van der Waals surface area contributed by atoms with Gasteiger partial charge in [-0.2, -0.15) is 0 Å². The maximum absolute atomic E-state index is 12.1. The molecule has 0 aliphatic carbocycles. The van der Waals surface area contributed by atoms with E-state index in [1.165, 1.54) is 0 Å². The standard InChI is InChI=1S/C12H16N2O3/c1-9-3-2-4-11(13-9)12(16)14-5-6-17-10(7-14)8-15/h2-4,10,15H,5-8H2,1H3. The van der Waals surface area contributed by atoms with Crippen LogP contribution in [-0.2, 0) is 4.74 Å². The van der Waals surface area contributed by atoms with Gasteiger partial charge in [0, 0.05) is 18.8 Å². The van der Waals surface area contributed by atoms with E-state index in [-0.39, 0.29) is 18.6 Å². The van der Waals surface area contributed by atoms with Crippen LogP contribution >= 0.6 is 0 Å². The normalized spacial score (nSPS) is 20.4. The molecule has 0 radical (unpaired) electrons. The van der Waals surface area contributed by atoms with Gasteiger partial charge in [0.15, 0.2) is 0 Å². The second-order valence-corrected chi connectivity index (χ2v) is 4.09. The molecule has 2 heterocycles. The number of nitrogens with zero attached hydrogens (tertiary/aromatic N) is 2. The average Bonchev–Trinajstić information content (AvgIpc) is 2.38. The van der Waals surface area contributed by atoms with E-state index in [2.05, 4.69) is 4.98 Å². The molecule has 0 saturated carbocycles. The third kappa shape index (κ3) is 2.81. The highest BCUT2D eigenvalue weighted by Gasteiger charge is 2.25. The van der Waals surface area contributed by atoms with E-state index in [1.54, 1.807) is 11.0 Å². The SMILES string of the molecule is Cc1cccc(C(=O)N2CCOC(CO)C2)n1. The van der Waals surface area contributed by atoms with Gasteiger partial charge in [0.2, 0.25) is 0 Å². The van der Waals surface area contributed by atoms with Crippen LogP contribution in [0.1, 0.15) is 16.2 Å². The van der Waals surface area contributed by atoms with Crippen molar-refractivity contribution < 1.29 is 14.6 Å². The number of hydrogen-bond acceptors (Lipinski definition) is 4. The highest BCUT2D eigenvalue weighted by atomic mass is 16.5. The maximum atomic E-state index is 12.1. The Labute approximate surface area is 100 Å². The number of amides is 1. The number of aromatic nitrogens is 1. The quantitative estimate of drug-likeness (QED) is 0.798. The third-order valence-electron chi connectivity index (χ3n) is 2.74. The van der Waals surface area contributed by atoms with Crippen LogP contribution in [0.4, 0.5) is 0 Å². The molecule has 1 unspecified atom stereocenters. The summed E-state index contributed by atoms with van der Waals surface area (Å²) in [5, 5.41) is 9.03. The summed E-state index contributed by atoms with van der Waals surface area (Å²) in [4.78, 5) is 18.0. The number of aliphatic hydroxyl groups is 1. The number of carbonyl (C=O) groups is 1. The summed E-state index contributed by atoms with van der Waals surface area (Å²) >= 11 is 0. The molecule has 0 bridgehead atoms. The topological polar surface area (TPSA) is 62.7 Å². The highest BCUT2D eigenvalue weighted by molar-refractivity contribution is 5.92. The van der Waals surface area contributed by atoms with Gasteiger partial charge in [-0.1, -0.05) is 6.07 Å². The van der Waals surface area contributed by atoms with E-state index in [9.17, 15) is 4.79 Å². The van der Waals surface area contributed by atoms with Crippen molar-refractivity contribution in [2.45, 2.75) is 13.0 Å². The first kappa shape index (κ1) is 12.0. The number of ether oxygens (including phenoxy) is 1. The molecule has 0 aromatic carbocycles. The molecule has 1 amide bonds. The Morgan fingerprint density at radius 2 is 2.47 bits per heavy atom. The van der Waals surface area contributed by atoms with Gasteiger partial charge >= 0.3 is 0 Å². The van der Waals surface area contributed by atoms with Gasteiger partial charge in [-0.25, -0.2) is 4.98 Å². The van der Waals surface area contributed by atoms with Gasteiger partial charge in [0.05, 0.1) is 19.3 Å². The van der Waals surface area contributed by atoms with Crippen molar-refractivity contribution in [2.24, 2.45) is 0 Å². The van der Waals surface area contributed by atoms with Gasteiger partial charge in [-0.15, -0.1) is 0 Å². The Bertz CT molecular complexity index is 408. The lowest BCUT2D eigenvalue weighted by Gasteiger charge is -2.31. The van der Waals surface area contributed by atoms with E-state index in [0.29, 0.717) is 25.4 Å². The first-order valence-electron chi connectivity index (χ1n) is 5.66. The average molecular weight is 236 g/mol. The third-order valence-corrected chi connectivity index (χ3v) is 2.74. The largest absolute Gasteiger partial charge is 0.394 e. The van der Waals surface area contributed by atoms with Gasteiger partial charge in [-0.05, 0) is 19.1 Å². The molecule has 1 aliphatic rings. The van der Waals surface area contributed by atoms with Crippen molar-refractivity contribution in [3.63, 3.8) is 0 Å². The van der Waals surface area contributed by atoms with Crippen LogP contribution in [0, 0.1) is 6.92 Å². The minimum absolute atomic E-state index is 0.0645. The Hall–Kier alpha value is -1.46. The van der Waals surface area contributed by atoms with Crippen molar-refractivity contribution in [1.82, 2.24) is 9.88 Å². The van der Waals surface area contributed by atoms with Crippen LogP contribution in [-0.4, -0.2) is 53.3 Å². The lowest BCUT2D eigenvalue weighted by Crippen LogP contribution is -2.47. The van der Waals surface area contributed by atoms with Crippen LogP contribution in [0.25, 0.3) is 0 Å². The first-order chi connectivity index (χ1) is 8.20. The van der Waals surface area contributed by atoms with Crippen LogP contribution in [0.2, 0.25) is 0 Å². The summed E-state index contributed by atoms with van der Waals surface area (Å²) < 4.78 is 5.30. The molecule has 5 nitrogen and oxygen atoms in total. The number of aliphatic hydroxyl groups excluding tert-OH is 1. The molecular formula is C12H16N2O3. The van der Waals surface area contributed by atoms with Gasteiger partial charge in [0.25, 0.3) is 5.91 Å². The first-order valence-corrected chi connectivity index (χ1v) is 5.66. The lowest BCUT2D eigenvalue weighted by atomic mass is 10.2. The fraction of sp³-hybridized carbons (Fsp3) is 0.500. The molecule has 1 N–H and O–H groups in total. The second-order valence-electron chi connectivity index (χ2n) is 4.09. The highest BCUT2D eigenvalue weighted by Crippen LogP contribution is 2.09. The summed E-state index contributed by atoms with van der Waals surface area (Å²) in [6.45, 7) is 3.22. The van der Waals surface area contributed by atoms with Gasteiger partial charge in [-0.3, -0.25) is 4.79 Å². The Morgan fingerprint density at radius 1 is 1.65 bits per heavy atom. The van der Waals surface area contributed by atoms with Crippen LogP contribution in [0.5, 0.6) is 0 Å². The molecule has 0 spiro atoms. The number of rotatable bonds is 2. The molecule has 5 heteroatoms. The monoisotopic (exact) mass is 236 g/mol. The molecule has 1 aliphatic heterocycles. The molecule has 92 valence electrons. The second kappa shape index (κ2) is 5.25. The number of hydrogen-bond donors (Lipinski definition) is 1. The Kier molecular flexibility index (Phi) is 3.71. The number of pyridine rings is 1. The predicted molar refractivity (Wildman–Crippen MR) is 61.7 cm³/mol. The van der Waals surface area contributed by atoms with Crippen molar-refractivity contribution >= 4 is 5.91 Å². The van der Waals surface area contributed by atoms with E-state index in [4.69, 9.17) is 9.84 Å². The number of aryl methyl sites for hydroxylation is 1. The van der Waals surface area contributed by atoms with E-state index in [0.717, 1.165) is 5.69 Å². The zero-order chi connectivity index (χ0) is 12.3. The van der Waals surface area contributed by atoms with Crippen LogP contribution in [0.15, 0.2) is 18.2 Å². The van der Waals surface area contributed by atoms with Crippen molar-refractivity contribution in [3.8, 4) is 0 Å². The summed E-state index contributed by atoms with van der Waals surface area (Å²) in [6, 6.07) is 5.38. The van der Waals surface area contributed by atoms with Gasteiger partial charge in [0.1, 0.15) is 5.69 Å². The lowest BCUT2D eigenvalue weighted by molar-refractivity contribution is -0.0448. The van der Waals surface area contributed by atoms with Crippen molar-refractivity contribution in [3.05, 3.63) is 29.6 Å². The van der Waals surface area contributed by atoms with Crippen LogP contribution in [0.3, 0.4) is 0 Å². The number of carbonyl (C=O) groups excluding carboxylic acids is 1. The smallest absolute Gasteiger partial charge is 0.272 e. The molecular weight excluding hydrogens is 220 g/mol. The molecule has 1 aromatic rings. The minimum Gasteiger partial charge on any atom is -0.394 e. The van der Waals surface area contributed by atoms with E-state index < -0.39 is 0 Å². The Balaban J connectivity index is 2.09. The summed E-state index contributed by atoms with van der Waals surface area (Å²) in [5.74, 6) is -0.101. The fourth-order valence-corrected chi connectivity index (χ4v) is 1.84. The van der Waals surface area contributed by atoms with Gasteiger partial charge < -0.3 is 14.7 Å². The molecule has 1 atom stereocenters. The molecule has 1 aromatic heterocycles. The Morgan fingerprint density at radius 3 is 3.18 bits per heavy atom. The molecule has 1 saturated heterocycles. The summed E-state index contributed by atoms with van der Waals surface area (Å²) in [6.07, 6.45) is -0.280. The summed E-state index contributed by atoms with van der Waals surface area (Å²) in [7, 11) is 0. The fourth-order valence-electron chi connectivity index (χ4n) is 1.84. The number of morpholine rings is 1. The van der Waals surface area contributed by atoms with Crippen molar-refractivity contribution in [2.75, 3.05) is 26.3 Å². The molecule has 17 heavy (non-hydrogen) atoms. The molecule has 2 rings (SSSR count). The van der Waals surface area contributed by atoms with Crippen molar-refractivity contribution in [1.29, 1.82) is 0 Å². The zero-order valence-corrected chi connectivity index (χ0v) is 9.80. The van der Waals surface area contributed by atoms with Crippen LogP contribution < -0.4 is 0 Å². The maximum Gasteiger partial charge on any atom is 0.272 e. The minimum atomic E-state index is -0.280. The predicted octanol–water partition coefficient (Wildman–Crippen LogP) is 0.223. The summed E-state index contributed by atoms with van der Waals surface area (Å²) in [5.41, 5.74) is 1.27. The van der Waals surface area contributed by atoms with E-state index in [1.807, 2.05) is 19.1 Å². The zero-order valence-electron chi connectivity index (χ0n) is 9.80.